The molecule has 1 aromatic rings. The van der Waals surface area contributed by atoms with Crippen LogP contribution in [0.25, 0.3) is 6.08 Å². The van der Waals surface area contributed by atoms with Gasteiger partial charge in [0.2, 0.25) is 0 Å². The molecule has 0 amide bonds. The van der Waals surface area contributed by atoms with Crippen molar-refractivity contribution < 1.29 is 4.74 Å². The van der Waals surface area contributed by atoms with Gasteiger partial charge in [-0.2, -0.15) is 5.26 Å². The van der Waals surface area contributed by atoms with Gasteiger partial charge in [0.1, 0.15) is 17.4 Å². The highest BCUT2D eigenvalue weighted by molar-refractivity contribution is 5.65. The summed E-state index contributed by atoms with van der Waals surface area (Å²) in [5, 5.41) is 9.00. The van der Waals surface area contributed by atoms with E-state index in [4.69, 9.17) is 10.00 Å². The molecule has 1 aromatic carbocycles. The van der Waals surface area contributed by atoms with E-state index in [0.29, 0.717) is 11.3 Å². The zero-order valence-corrected chi connectivity index (χ0v) is 8.72. The monoisotopic (exact) mass is 187 g/mol. The first-order valence-corrected chi connectivity index (χ1v) is 4.36. The Morgan fingerprint density at radius 2 is 2.14 bits per heavy atom. The number of nitrogens with zero attached hydrogens (tertiary/aromatic N) is 1. The number of aryl methyl sites for hydroxylation is 1. The Balaban J connectivity index is 3.60. The van der Waals surface area contributed by atoms with Gasteiger partial charge in [-0.25, -0.2) is 0 Å². The quantitative estimate of drug-likeness (QED) is 0.713. The van der Waals surface area contributed by atoms with Crippen molar-refractivity contribution >= 4 is 6.08 Å². The zero-order chi connectivity index (χ0) is 10.7. The maximum absolute atomic E-state index is 9.00. The summed E-state index contributed by atoms with van der Waals surface area (Å²) in [7, 11) is 1.58. The minimum atomic E-state index is 0.561. The van der Waals surface area contributed by atoms with Gasteiger partial charge in [-0.1, -0.05) is 18.7 Å². The molecule has 0 aromatic heterocycles. The zero-order valence-electron chi connectivity index (χ0n) is 8.72. The molecule has 0 bridgehead atoms. The second kappa shape index (κ2) is 3.97. The molecule has 0 aliphatic rings. The van der Waals surface area contributed by atoms with Crippen LogP contribution in [0.4, 0.5) is 0 Å². The summed E-state index contributed by atoms with van der Waals surface area (Å²) in [6.45, 7) is 7.62. The number of ether oxygens (including phenoxy) is 1. The average Bonchev–Trinajstić information content (AvgIpc) is 2.20. The van der Waals surface area contributed by atoms with Crippen LogP contribution in [-0.4, -0.2) is 7.11 Å². The Labute approximate surface area is 84.4 Å². The van der Waals surface area contributed by atoms with Crippen molar-refractivity contribution in [3.63, 3.8) is 0 Å². The largest absolute Gasteiger partial charge is 0.495 e. The van der Waals surface area contributed by atoms with Gasteiger partial charge in [0.25, 0.3) is 0 Å². The first kappa shape index (κ1) is 10.3. The lowest BCUT2D eigenvalue weighted by Gasteiger charge is -2.11. The van der Waals surface area contributed by atoms with Crippen molar-refractivity contribution in [3.05, 3.63) is 34.9 Å². The first-order valence-electron chi connectivity index (χ1n) is 4.36. The lowest BCUT2D eigenvalue weighted by Crippen LogP contribution is -1.96. The van der Waals surface area contributed by atoms with E-state index in [0.717, 1.165) is 16.7 Å². The fraction of sp³-hybridized carbons (Fsp3) is 0.250. The predicted molar refractivity (Wildman–Crippen MR) is 57.3 cm³/mol. The minimum Gasteiger partial charge on any atom is -0.495 e. The highest BCUT2D eigenvalue weighted by atomic mass is 16.5. The lowest BCUT2D eigenvalue weighted by atomic mass is 9.99. The molecule has 0 spiro atoms. The molecule has 0 unspecified atom stereocenters. The van der Waals surface area contributed by atoms with Crippen LogP contribution in [0.3, 0.4) is 0 Å². The highest BCUT2D eigenvalue weighted by Crippen LogP contribution is 2.29. The third-order valence-corrected chi connectivity index (χ3v) is 2.36. The van der Waals surface area contributed by atoms with Gasteiger partial charge in [0.15, 0.2) is 0 Å². The molecule has 0 aliphatic carbocycles. The Morgan fingerprint density at radius 1 is 1.50 bits per heavy atom. The van der Waals surface area contributed by atoms with E-state index in [9.17, 15) is 0 Å². The van der Waals surface area contributed by atoms with Crippen LogP contribution in [0.15, 0.2) is 12.6 Å². The van der Waals surface area contributed by atoms with E-state index < -0.39 is 0 Å². The molecule has 14 heavy (non-hydrogen) atoms. The summed E-state index contributed by atoms with van der Waals surface area (Å²) < 4.78 is 5.22. The minimum absolute atomic E-state index is 0.561. The van der Waals surface area contributed by atoms with Gasteiger partial charge in [0, 0.05) is 0 Å². The predicted octanol–water partition coefficient (Wildman–Crippen LogP) is 2.83. The van der Waals surface area contributed by atoms with Crippen molar-refractivity contribution in [2.45, 2.75) is 13.8 Å². The molecule has 1 rings (SSSR count). The molecule has 0 atom stereocenters. The van der Waals surface area contributed by atoms with Crippen molar-refractivity contribution in [1.82, 2.24) is 0 Å². The molecule has 2 nitrogen and oxygen atoms in total. The summed E-state index contributed by atoms with van der Waals surface area (Å²) in [5.74, 6) is 0.655. The van der Waals surface area contributed by atoms with Crippen LogP contribution >= 0.6 is 0 Å². The van der Waals surface area contributed by atoms with Crippen LogP contribution in [-0.2, 0) is 0 Å². The van der Waals surface area contributed by atoms with E-state index in [2.05, 4.69) is 12.6 Å². The third kappa shape index (κ3) is 1.49. The normalized spacial score (nSPS) is 9.29. The van der Waals surface area contributed by atoms with Crippen LogP contribution < -0.4 is 4.74 Å². The summed E-state index contributed by atoms with van der Waals surface area (Å²) in [6, 6.07) is 4.09. The maximum Gasteiger partial charge on any atom is 0.140 e. The molecule has 0 N–H and O–H groups in total. The molecular weight excluding hydrogens is 174 g/mol. The van der Waals surface area contributed by atoms with Gasteiger partial charge in [-0.15, -0.1) is 0 Å². The number of hydrogen-bond acceptors (Lipinski definition) is 2. The Bertz CT molecular complexity index is 413. The van der Waals surface area contributed by atoms with Crippen molar-refractivity contribution in [2.24, 2.45) is 0 Å². The maximum atomic E-state index is 9.00. The Kier molecular flexibility index (Phi) is 2.93. The van der Waals surface area contributed by atoms with E-state index in [-0.39, 0.29) is 0 Å². The molecule has 0 heterocycles. The van der Waals surface area contributed by atoms with E-state index in [1.807, 2.05) is 19.9 Å². The molecule has 0 fully saturated rings. The summed E-state index contributed by atoms with van der Waals surface area (Å²) in [5.41, 5.74) is 3.50. The van der Waals surface area contributed by atoms with Crippen molar-refractivity contribution in [2.75, 3.05) is 7.11 Å². The average molecular weight is 187 g/mol. The number of methoxy groups -OCH3 is 1. The third-order valence-electron chi connectivity index (χ3n) is 2.36. The fourth-order valence-corrected chi connectivity index (χ4v) is 1.44. The summed E-state index contributed by atoms with van der Waals surface area (Å²) >= 11 is 0. The van der Waals surface area contributed by atoms with Crippen LogP contribution in [0, 0.1) is 25.2 Å². The Morgan fingerprint density at radius 3 is 2.57 bits per heavy atom. The van der Waals surface area contributed by atoms with E-state index in [1.165, 1.54) is 0 Å². The standard InChI is InChI=1S/C12H13NO/c1-5-10-6-8(2)9(3)12(14-4)11(10)7-13/h5-6H,1H2,2-4H3. The second-order valence-electron chi connectivity index (χ2n) is 3.13. The molecular formula is C12H13NO. The van der Waals surface area contributed by atoms with Crippen LogP contribution in [0.2, 0.25) is 0 Å². The summed E-state index contributed by atoms with van der Waals surface area (Å²) in [6.07, 6.45) is 1.67. The SMILES string of the molecule is C=Cc1cc(C)c(C)c(OC)c1C#N. The fourth-order valence-electron chi connectivity index (χ4n) is 1.44. The van der Waals surface area contributed by atoms with Gasteiger partial charge >= 0.3 is 0 Å². The Hall–Kier alpha value is -1.75. The highest BCUT2D eigenvalue weighted by Gasteiger charge is 2.11. The smallest absolute Gasteiger partial charge is 0.140 e. The number of hydrogen-bond donors (Lipinski definition) is 0. The molecule has 0 saturated heterocycles. The summed E-state index contributed by atoms with van der Waals surface area (Å²) in [4.78, 5) is 0. The van der Waals surface area contributed by atoms with Crippen LogP contribution in [0.1, 0.15) is 22.3 Å². The first-order chi connectivity index (χ1) is 6.65. The van der Waals surface area contributed by atoms with E-state index in [1.54, 1.807) is 13.2 Å². The van der Waals surface area contributed by atoms with Crippen molar-refractivity contribution in [1.29, 1.82) is 5.26 Å². The van der Waals surface area contributed by atoms with E-state index >= 15 is 0 Å². The number of benzene rings is 1. The molecule has 0 saturated carbocycles. The lowest BCUT2D eigenvalue weighted by molar-refractivity contribution is 0.410. The van der Waals surface area contributed by atoms with Gasteiger partial charge < -0.3 is 4.74 Å². The van der Waals surface area contributed by atoms with Crippen molar-refractivity contribution in [3.8, 4) is 11.8 Å². The van der Waals surface area contributed by atoms with Gasteiger partial charge in [-0.3, -0.25) is 0 Å². The topological polar surface area (TPSA) is 33.0 Å². The van der Waals surface area contributed by atoms with Crippen LogP contribution in [0.5, 0.6) is 5.75 Å². The van der Waals surface area contributed by atoms with Gasteiger partial charge in [0.05, 0.1) is 7.11 Å². The number of rotatable bonds is 2. The number of nitriles is 1. The molecule has 72 valence electrons. The molecule has 0 radical (unpaired) electrons. The molecule has 0 aliphatic heterocycles. The second-order valence-corrected chi connectivity index (χ2v) is 3.13. The van der Waals surface area contributed by atoms with Gasteiger partial charge in [-0.05, 0) is 30.5 Å². The molecule has 2 heteroatoms.